The van der Waals surface area contributed by atoms with Crippen molar-refractivity contribution in [3.8, 4) is 11.5 Å². The Kier molecular flexibility index (Phi) is 3.73. The minimum Gasteiger partial charge on any atom is -0.457 e. The molecule has 0 saturated heterocycles. The summed E-state index contributed by atoms with van der Waals surface area (Å²) in [6, 6.07) is 12.9. The van der Waals surface area contributed by atoms with Crippen molar-refractivity contribution in [1.29, 1.82) is 0 Å². The maximum atomic E-state index is 12.4. The summed E-state index contributed by atoms with van der Waals surface area (Å²) in [6.45, 7) is 4.18. The standard InChI is InChI=1S/C18H17ClO2/c1-11(2)15-10-16-14(18(15)20)4-3-5-17(16)21-13-8-6-12(19)7-9-13/h3-9,11,15H,10H2,1-2H3. The van der Waals surface area contributed by atoms with E-state index in [2.05, 4.69) is 13.8 Å². The first-order valence-electron chi connectivity index (χ1n) is 7.16. The van der Waals surface area contributed by atoms with E-state index in [4.69, 9.17) is 16.3 Å². The fourth-order valence-electron chi connectivity index (χ4n) is 2.78. The van der Waals surface area contributed by atoms with Gasteiger partial charge in [0.2, 0.25) is 0 Å². The summed E-state index contributed by atoms with van der Waals surface area (Å²) >= 11 is 5.88. The summed E-state index contributed by atoms with van der Waals surface area (Å²) in [5, 5.41) is 0.677. The lowest BCUT2D eigenvalue weighted by atomic mass is 9.92. The Hall–Kier alpha value is -1.80. The number of benzene rings is 2. The summed E-state index contributed by atoms with van der Waals surface area (Å²) in [7, 11) is 0. The quantitative estimate of drug-likeness (QED) is 0.784. The smallest absolute Gasteiger partial charge is 0.166 e. The van der Waals surface area contributed by atoms with E-state index in [9.17, 15) is 4.79 Å². The number of halogens is 1. The molecule has 2 aromatic rings. The molecule has 0 aromatic heterocycles. The van der Waals surface area contributed by atoms with Crippen LogP contribution in [-0.4, -0.2) is 5.78 Å². The molecule has 0 heterocycles. The predicted molar refractivity (Wildman–Crippen MR) is 84.3 cm³/mol. The normalized spacial score (nSPS) is 17.1. The van der Waals surface area contributed by atoms with Crippen LogP contribution < -0.4 is 4.74 Å². The number of hydrogen-bond donors (Lipinski definition) is 0. The number of carbonyl (C=O) groups excluding carboxylic acids is 1. The van der Waals surface area contributed by atoms with Gasteiger partial charge in [-0.2, -0.15) is 0 Å². The average molecular weight is 301 g/mol. The molecule has 0 N–H and O–H groups in total. The number of rotatable bonds is 3. The van der Waals surface area contributed by atoms with E-state index in [0.29, 0.717) is 10.9 Å². The lowest BCUT2D eigenvalue weighted by molar-refractivity contribution is 0.0906. The zero-order chi connectivity index (χ0) is 15.0. The maximum Gasteiger partial charge on any atom is 0.166 e. The van der Waals surface area contributed by atoms with Gasteiger partial charge in [0.1, 0.15) is 11.5 Å². The molecule has 0 amide bonds. The van der Waals surface area contributed by atoms with Gasteiger partial charge in [-0.3, -0.25) is 4.79 Å². The monoisotopic (exact) mass is 300 g/mol. The Balaban J connectivity index is 1.93. The molecule has 2 nitrogen and oxygen atoms in total. The van der Waals surface area contributed by atoms with Crippen LogP contribution in [-0.2, 0) is 6.42 Å². The summed E-state index contributed by atoms with van der Waals surface area (Å²) in [6.07, 6.45) is 0.760. The Bertz CT molecular complexity index is 674. The maximum absolute atomic E-state index is 12.4. The molecule has 1 atom stereocenters. The van der Waals surface area contributed by atoms with Gasteiger partial charge in [0, 0.05) is 22.1 Å². The third-order valence-electron chi connectivity index (χ3n) is 4.01. The summed E-state index contributed by atoms with van der Waals surface area (Å²) in [5.41, 5.74) is 1.83. The van der Waals surface area contributed by atoms with Crippen LogP contribution in [0.1, 0.15) is 29.8 Å². The summed E-state index contributed by atoms with van der Waals surface area (Å²) < 4.78 is 5.94. The fourth-order valence-corrected chi connectivity index (χ4v) is 2.91. The van der Waals surface area contributed by atoms with Gasteiger partial charge < -0.3 is 4.74 Å². The lowest BCUT2D eigenvalue weighted by Crippen LogP contribution is -2.15. The molecule has 1 unspecified atom stereocenters. The second-order valence-electron chi connectivity index (χ2n) is 5.76. The largest absolute Gasteiger partial charge is 0.457 e. The molecule has 0 spiro atoms. The zero-order valence-electron chi connectivity index (χ0n) is 12.1. The van der Waals surface area contributed by atoms with E-state index >= 15 is 0 Å². The van der Waals surface area contributed by atoms with Gasteiger partial charge in [0.25, 0.3) is 0 Å². The van der Waals surface area contributed by atoms with Crippen molar-refractivity contribution in [3.05, 3.63) is 58.6 Å². The van der Waals surface area contributed by atoms with E-state index in [1.807, 2.05) is 30.3 Å². The second-order valence-corrected chi connectivity index (χ2v) is 6.19. The van der Waals surface area contributed by atoms with Crippen molar-refractivity contribution in [2.45, 2.75) is 20.3 Å². The molecule has 108 valence electrons. The summed E-state index contributed by atoms with van der Waals surface area (Å²) in [4.78, 5) is 12.4. The van der Waals surface area contributed by atoms with E-state index in [1.54, 1.807) is 12.1 Å². The van der Waals surface area contributed by atoms with Crippen LogP contribution >= 0.6 is 11.6 Å². The molecule has 0 aliphatic heterocycles. The minimum absolute atomic E-state index is 0.0648. The first kappa shape index (κ1) is 14.2. The molecule has 1 aliphatic carbocycles. The van der Waals surface area contributed by atoms with Crippen molar-refractivity contribution in [2.24, 2.45) is 11.8 Å². The number of Topliss-reactive ketones (excluding diaryl/α,β-unsaturated/α-hetero) is 1. The number of fused-ring (bicyclic) bond motifs is 1. The number of ketones is 1. The van der Waals surface area contributed by atoms with Crippen LogP contribution in [0.4, 0.5) is 0 Å². The highest BCUT2D eigenvalue weighted by atomic mass is 35.5. The van der Waals surface area contributed by atoms with Crippen LogP contribution in [0.3, 0.4) is 0 Å². The predicted octanol–water partition coefficient (Wildman–Crippen LogP) is 5.14. The van der Waals surface area contributed by atoms with Gasteiger partial charge in [0.15, 0.2) is 5.78 Å². The van der Waals surface area contributed by atoms with Crippen molar-refractivity contribution >= 4 is 17.4 Å². The van der Waals surface area contributed by atoms with E-state index in [0.717, 1.165) is 29.0 Å². The number of carbonyl (C=O) groups is 1. The average Bonchev–Trinajstić information content (AvgIpc) is 2.80. The summed E-state index contributed by atoms with van der Waals surface area (Å²) in [5.74, 6) is 2.14. The Labute approximate surface area is 129 Å². The molecule has 2 aromatic carbocycles. The van der Waals surface area contributed by atoms with Gasteiger partial charge >= 0.3 is 0 Å². The van der Waals surface area contributed by atoms with Gasteiger partial charge in [-0.05, 0) is 42.7 Å². The molecule has 0 fully saturated rings. The van der Waals surface area contributed by atoms with Crippen molar-refractivity contribution in [3.63, 3.8) is 0 Å². The molecule has 3 rings (SSSR count). The van der Waals surface area contributed by atoms with Crippen molar-refractivity contribution in [1.82, 2.24) is 0 Å². The first-order valence-corrected chi connectivity index (χ1v) is 7.53. The SMILES string of the molecule is CC(C)C1Cc2c(Oc3ccc(Cl)cc3)cccc2C1=O. The van der Waals surface area contributed by atoms with Gasteiger partial charge in [-0.15, -0.1) is 0 Å². The molecular weight excluding hydrogens is 284 g/mol. The molecular formula is C18H17ClO2. The Morgan fingerprint density at radius 3 is 2.52 bits per heavy atom. The molecule has 1 aliphatic rings. The fraction of sp³-hybridized carbons (Fsp3) is 0.278. The lowest BCUT2D eigenvalue weighted by Gasteiger charge is -2.12. The third kappa shape index (κ3) is 2.68. The highest BCUT2D eigenvalue weighted by molar-refractivity contribution is 6.30. The highest BCUT2D eigenvalue weighted by Gasteiger charge is 2.34. The zero-order valence-corrected chi connectivity index (χ0v) is 12.9. The van der Waals surface area contributed by atoms with Crippen LogP contribution in [0.25, 0.3) is 0 Å². The van der Waals surface area contributed by atoms with Gasteiger partial charge in [0.05, 0.1) is 0 Å². The van der Waals surface area contributed by atoms with Crippen molar-refractivity contribution in [2.75, 3.05) is 0 Å². The second kappa shape index (κ2) is 5.53. The molecule has 0 bridgehead atoms. The molecule has 3 heteroatoms. The third-order valence-corrected chi connectivity index (χ3v) is 4.26. The number of hydrogen-bond acceptors (Lipinski definition) is 2. The van der Waals surface area contributed by atoms with Crippen LogP contribution in [0.15, 0.2) is 42.5 Å². The van der Waals surface area contributed by atoms with E-state index < -0.39 is 0 Å². The first-order chi connectivity index (χ1) is 10.1. The van der Waals surface area contributed by atoms with Crippen LogP contribution in [0, 0.1) is 11.8 Å². The van der Waals surface area contributed by atoms with Crippen LogP contribution in [0.5, 0.6) is 11.5 Å². The van der Waals surface area contributed by atoms with Crippen molar-refractivity contribution < 1.29 is 9.53 Å². The number of ether oxygens (including phenoxy) is 1. The Morgan fingerprint density at radius 2 is 1.86 bits per heavy atom. The molecule has 21 heavy (non-hydrogen) atoms. The minimum atomic E-state index is 0.0648. The highest BCUT2D eigenvalue weighted by Crippen LogP contribution is 2.38. The van der Waals surface area contributed by atoms with E-state index in [-0.39, 0.29) is 11.7 Å². The van der Waals surface area contributed by atoms with Gasteiger partial charge in [-0.1, -0.05) is 37.6 Å². The van der Waals surface area contributed by atoms with E-state index in [1.165, 1.54) is 0 Å². The molecule has 0 saturated carbocycles. The van der Waals surface area contributed by atoms with Crippen LogP contribution in [0.2, 0.25) is 5.02 Å². The van der Waals surface area contributed by atoms with Gasteiger partial charge in [-0.25, -0.2) is 0 Å². The Morgan fingerprint density at radius 1 is 1.14 bits per heavy atom. The molecule has 0 radical (unpaired) electrons. The topological polar surface area (TPSA) is 26.3 Å².